The lowest BCUT2D eigenvalue weighted by Crippen LogP contribution is -2.32. The molecule has 5 rings (SSSR count). The Morgan fingerprint density at radius 2 is 1.78 bits per heavy atom. The van der Waals surface area contributed by atoms with E-state index in [1.807, 2.05) is 12.1 Å². The van der Waals surface area contributed by atoms with E-state index >= 15 is 0 Å². The highest BCUT2D eigenvalue weighted by Gasteiger charge is 2.26. The van der Waals surface area contributed by atoms with Crippen LogP contribution >= 0.6 is 0 Å². The standard InChI is InChI=1S/C22H21N3O2/c1-2-8-19-16(5-1)6-3-7-18(19)15-25-12-10-17(11-13-25)21-23-24-22(27-21)20-9-4-14-26-20/h1-9,14,17H,10-13,15H2. The molecule has 0 aliphatic carbocycles. The molecule has 5 nitrogen and oxygen atoms in total. The highest BCUT2D eigenvalue weighted by molar-refractivity contribution is 5.85. The Labute approximate surface area is 157 Å². The van der Waals surface area contributed by atoms with E-state index in [1.54, 1.807) is 6.26 Å². The lowest BCUT2D eigenvalue weighted by atomic mass is 9.96. The molecule has 0 spiro atoms. The van der Waals surface area contributed by atoms with Crippen molar-refractivity contribution in [3.8, 4) is 11.7 Å². The summed E-state index contributed by atoms with van der Waals surface area (Å²) < 4.78 is 11.2. The Kier molecular flexibility index (Phi) is 4.22. The molecule has 2 aromatic carbocycles. The first kappa shape index (κ1) is 16.3. The fourth-order valence-electron chi connectivity index (χ4n) is 3.91. The van der Waals surface area contributed by atoms with Crippen molar-refractivity contribution in [2.75, 3.05) is 13.1 Å². The zero-order valence-electron chi connectivity index (χ0n) is 15.0. The van der Waals surface area contributed by atoms with E-state index < -0.39 is 0 Å². The van der Waals surface area contributed by atoms with Crippen LogP contribution in [0.25, 0.3) is 22.4 Å². The molecule has 1 saturated heterocycles. The van der Waals surface area contributed by atoms with Crippen molar-refractivity contribution >= 4 is 10.8 Å². The maximum absolute atomic E-state index is 5.84. The predicted octanol–water partition coefficient (Wildman–Crippen LogP) is 4.86. The number of fused-ring (bicyclic) bond motifs is 1. The smallest absolute Gasteiger partial charge is 0.283 e. The van der Waals surface area contributed by atoms with Gasteiger partial charge in [0, 0.05) is 12.5 Å². The largest absolute Gasteiger partial charge is 0.459 e. The number of piperidine rings is 1. The number of hydrogen-bond donors (Lipinski definition) is 0. The number of benzene rings is 2. The van der Waals surface area contributed by atoms with Gasteiger partial charge >= 0.3 is 0 Å². The van der Waals surface area contributed by atoms with Gasteiger partial charge in [-0.2, -0.15) is 0 Å². The predicted molar refractivity (Wildman–Crippen MR) is 103 cm³/mol. The van der Waals surface area contributed by atoms with E-state index in [2.05, 4.69) is 57.6 Å². The average Bonchev–Trinajstić information content (AvgIpc) is 3.41. The van der Waals surface area contributed by atoms with E-state index in [0.717, 1.165) is 38.4 Å². The number of hydrogen-bond acceptors (Lipinski definition) is 5. The molecule has 0 radical (unpaired) electrons. The topological polar surface area (TPSA) is 55.3 Å². The van der Waals surface area contributed by atoms with Gasteiger partial charge in [0.1, 0.15) is 0 Å². The van der Waals surface area contributed by atoms with E-state index in [4.69, 9.17) is 8.83 Å². The Morgan fingerprint density at radius 1 is 0.926 bits per heavy atom. The SMILES string of the molecule is c1coc(-c2nnc(C3CCN(Cc4cccc5ccccc45)CC3)o2)c1. The Bertz CT molecular complexity index is 1030. The highest BCUT2D eigenvalue weighted by atomic mass is 16.4. The van der Waals surface area contributed by atoms with Crippen LogP contribution < -0.4 is 0 Å². The van der Waals surface area contributed by atoms with Gasteiger partial charge in [-0.15, -0.1) is 10.2 Å². The van der Waals surface area contributed by atoms with Crippen LogP contribution in [0.2, 0.25) is 0 Å². The fraction of sp³-hybridized carbons (Fsp3) is 0.273. The second-order valence-corrected chi connectivity index (χ2v) is 7.11. The summed E-state index contributed by atoms with van der Waals surface area (Å²) in [6.45, 7) is 3.05. The summed E-state index contributed by atoms with van der Waals surface area (Å²) >= 11 is 0. The first-order valence-corrected chi connectivity index (χ1v) is 9.43. The van der Waals surface area contributed by atoms with E-state index in [9.17, 15) is 0 Å². The number of furan rings is 1. The molecular weight excluding hydrogens is 338 g/mol. The van der Waals surface area contributed by atoms with Crippen molar-refractivity contribution in [3.05, 3.63) is 72.3 Å². The lowest BCUT2D eigenvalue weighted by Gasteiger charge is -2.30. The molecule has 0 atom stereocenters. The molecule has 0 bridgehead atoms. The van der Waals surface area contributed by atoms with Crippen LogP contribution in [0.4, 0.5) is 0 Å². The van der Waals surface area contributed by atoms with Gasteiger partial charge in [-0.05, 0) is 54.4 Å². The number of aromatic nitrogens is 2. The van der Waals surface area contributed by atoms with Gasteiger partial charge in [-0.1, -0.05) is 42.5 Å². The molecule has 1 fully saturated rings. The van der Waals surface area contributed by atoms with Crippen LogP contribution in [0, 0.1) is 0 Å². The molecule has 1 aliphatic heterocycles. The normalized spacial score (nSPS) is 16.1. The summed E-state index contributed by atoms with van der Waals surface area (Å²) in [5.74, 6) is 2.14. The molecule has 5 heteroatoms. The summed E-state index contributed by atoms with van der Waals surface area (Å²) in [6.07, 6.45) is 3.68. The zero-order chi connectivity index (χ0) is 18.1. The summed E-state index contributed by atoms with van der Waals surface area (Å²) in [7, 11) is 0. The quantitative estimate of drug-likeness (QED) is 0.521. The van der Waals surface area contributed by atoms with E-state index in [0.29, 0.717) is 17.6 Å². The number of nitrogens with zero attached hydrogens (tertiary/aromatic N) is 3. The van der Waals surface area contributed by atoms with Crippen molar-refractivity contribution in [3.63, 3.8) is 0 Å². The molecule has 0 N–H and O–H groups in total. The monoisotopic (exact) mass is 359 g/mol. The van der Waals surface area contributed by atoms with Crippen molar-refractivity contribution in [1.29, 1.82) is 0 Å². The second-order valence-electron chi connectivity index (χ2n) is 7.11. The molecule has 0 unspecified atom stereocenters. The minimum absolute atomic E-state index is 0.324. The number of rotatable bonds is 4. The molecule has 0 amide bonds. The summed E-state index contributed by atoms with van der Waals surface area (Å²) in [5, 5.41) is 11.0. The molecule has 136 valence electrons. The average molecular weight is 359 g/mol. The maximum Gasteiger partial charge on any atom is 0.283 e. The van der Waals surface area contributed by atoms with Crippen LogP contribution in [-0.2, 0) is 6.54 Å². The van der Waals surface area contributed by atoms with Gasteiger partial charge < -0.3 is 8.83 Å². The summed E-state index contributed by atoms with van der Waals surface area (Å²) in [6, 6.07) is 18.8. The molecule has 2 aromatic heterocycles. The maximum atomic E-state index is 5.84. The Hall–Kier alpha value is -2.92. The van der Waals surface area contributed by atoms with Gasteiger partial charge in [-0.25, -0.2) is 0 Å². The fourth-order valence-corrected chi connectivity index (χ4v) is 3.91. The van der Waals surface area contributed by atoms with Crippen molar-refractivity contribution < 1.29 is 8.83 Å². The number of likely N-dealkylation sites (tertiary alicyclic amines) is 1. The first-order valence-electron chi connectivity index (χ1n) is 9.43. The van der Waals surface area contributed by atoms with Crippen LogP contribution in [0.1, 0.15) is 30.2 Å². The molecule has 1 aliphatic rings. The molecule has 3 heterocycles. The Morgan fingerprint density at radius 3 is 2.63 bits per heavy atom. The third-order valence-electron chi connectivity index (χ3n) is 5.38. The molecule has 0 saturated carbocycles. The van der Waals surface area contributed by atoms with Gasteiger partial charge in [0.05, 0.1) is 6.26 Å². The highest BCUT2D eigenvalue weighted by Crippen LogP contribution is 2.30. The molecule has 27 heavy (non-hydrogen) atoms. The third kappa shape index (κ3) is 3.26. The minimum Gasteiger partial charge on any atom is -0.459 e. The minimum atomic E-state index is 0.324. The van der Waals surface area contributed by atoms with Crippen LogP contribution in [0.15, 0.2) is 69.7 Å². The second kappa shape index (κ2) is 7.00. The lowest BCUT2D eigenvalue weighted by molar-refractivity contribution is 0.193. The van der Waals surface area contributed by atoms with Crippen LogP contribution in [0.5, 0.6) is 0 Å². The van der Waals surface area contributed by atoms with E-state index in [-0.39, 0.29) is 0 Å². The van der Waals surface area contributed by atoms with Gasteiger partial charge in [0.2, 0.25) is 5.89 Å². The Balaban J connectivity index is 1.25. The molecule has 4 aromatic rings. The van der Waals surface area contributed by atoms with Gasteiger partial charge in [-0.3, -0.25) is 4.90 Å². The van der Waals surface area contributed by atoms with Crippen LogP contribution in [-0.4, -0.2) is 28.2 Å². The van der Waals surface area contributed by atoms with E-state index in [1.165, 1.54) is 16.3 Å². The summed E-state index contributed by atoms with van der Waals surface area (Å²) in [4.78, 5) is 2.52. The third-order valence-corrected chi connectivity index (χ3v) is 5.38. The van der Waals surface area contributed by atoms with Crippen molar-refractivity contribution in [2.24, 2.45) is 0 Å². The molecular formula is C22H21N3O2. The summed E-state index contributed by atoms with van der Waals surface area (Å²) in [5.41, 5.74) is 1.39. The van der Waals surface area contributed by atoms with Crippen molar-refractivity contribution in [2.45, 2.75) is 25.3 Å². The van der Waals surface area contributed by atoms with Gasteiger partial charge in [0.15, 0.2) is 5.76 Å². The van der Waals surface area contributed by atoms with Crippen LogP contribution in [0.3, 0.4) is 0 Å². The van der Waals surface area contributed by atoms with Crippen molar-refractivity contribution in [1.82, 2.24) is 15.1 Å². The first-order chi connectivity index (χ1) is 13.4. The van der Waals surface area contributed by atoms with Gasteiger partial charge in [0.25, 0.3) is 5.89 Å². The zero-order valence-corrected chi connectivity index (χ0v) is 15.0.